The van der Waals surface area contributed by atoms with Crippen LogP contribution in [0, 0.1) is 13.8 Å². The van der Waals surface area contributed by atoms with Crippen molar-refractivity contribution in [3.63, 3.8) is 0 Å². The fourth-order valence-electron chi connectivity index (χ4n) is 2.36. The van der Waals surface area contributed by atoms with Crippen LogP contribution >= 0.6 is 12.2 Å². The van der Waals surface area contributed by atoms with Crippen molar-refractivity contribution in [1.82, 2.24) is 0 Å². The molecule has 0 aliphatic heterocycles. The van der Waals surface area contributed by atoms with E-state index in [1.54, 1.807) is 5.37 Å². The van der Waals surface area contributed by atoms with Gasteiger partial charge in [0.1, 0.15) is 0 Å². The summed E-state index contributed by atoms with van der Waals surface area (Å²) in [5.41, 5.74) is 5.31. The highest BCUT2D eigenvalue weighted by Crippen LogP contribution is 2.15. The van der Waals surface area contributed by atoms with Gasteiger partial charge in [0.2, 0.25) is 0 Å². The van der Waals surface area contributed by atoms with Crippen molar-refractivity contribution in [3.05, 3.63) is 70.3 Å². The van der Waals surface area contributed by atoms with Gasteiger partial charge in [-0.1, -0.05) is 60.2 Å². The Balaban J connectivity index is 2.10. The number of benzene rings is 2. The van der Waals surface area contributed by atoms with Crippen molar-refractivity contribution in [2.45, 2.75) is 26.7 Å². The van der Waals surface area contributed by atoms with Crippen LogP contribution in [0.15, 0.2) is 42.5 Å². The van der Waals surface area contributed by atoms with E-state index in [1.165, 1.54) is 16.7 Å². The molecule has 0 saturated heterocycles. The molecule has 2 rings (SSSR count). The van der Waals surface area contributed by atoms with Crippen LogP contribution in [-0.2, 0) is 6.42 Å². The van der Waals surface area contributed by atoms with E-state index in [0.29, 0.717) is 6.42 Å². The minimum Gasteiger partial charge on any atom is -0.294 e. The highest BCUT2D eigenvalue weighted by atomic mass is 32.1. The second-order valence-corrected chi connectivity index (χ2v) is 5.29. The van der Waals surface area contributed by atoms with Crippen molar-refractivity contribution in [2.24, 2.45) is 0 Å². The lowest BCUT2D eigenvalue weighted by molar-refractivity contribution is 0.0983. The number of hydrogen-bond donors (Lipinski definition) is 0. The van der Waals surface area contributed by atoms with Gasteiger partial charge in [0.05, 0.1) is 0 Å². The third kappa shape index (κ3) is 3.40. The van der Waals surface area contributed by atoms with Gasteiger partial charge in [0.15, 0.2) is 5.78 Å². The summed E-state index contributed by atoms with van der Waals surface area (Å²) in [6.45, 7) is 4.18. The number of thiocarbonyl (C=S) groups is 1. The van der Waals surface area contributed by atoms with E-state index in [0.717, 1.165) is 17.5 Å². The number of rotatable bonds is 5. The maximum Gasteiger partial charge on any atom is 0.163 e. The van der Waals surface area contributed by atoms with Gasteiger partial charge in [-0.3, -0.25) is 4.79 Å². The predicted molar refractivity (Wildman–Crippen MR) is 87.8 cm³/mol. The standard InChI is InChI=1S/C18H18OS/c1-13-7-8-15(14(2)11-13)9-10-18(19)17-6-4-3-5-16(17)12-20/h3-8,11-12H,9-10H2,1-2H3. The van der Waals surface area contributed by atoms with Crippen molar-refractivity contribution in [1.29, 1.82) is 0 Å². The predicted octanol–water partition coefficient (Wildman–Crippen LogP) is 4.47. The van der Waals surface area contributed by atoms with Gasteiger partial charge in [0, 0.05) is 17.4 Å². The zero-order valence-corrected chi connectivity index (χ0v) is 12.7. The normalized spacial score (nSPS) is 10.3. The zero-order chi connectivity index (χ0) is 14.5. The largest absolute Gasteiger partial charge is 0.294 e. The lowest BCUT2D eigenvalue weighted by atomic mass is 9.96. The number of aryl methyl sites for hydroxylation is 3. The summed E-state index contributed by atoms with van der Waals surface area (Å²) in [6.07, 6.45) is 1.29. The summed E-state index contributed by atoms with van der Waals surface area (Å²) in [5, 5.41) is 1.57. The van der Waals surface area contributed by atoms with E-state index in [1.807, 2.05) is 24.3 Å². The molecule has 0 aliphatic rings. The first-order chi connectivity index (χ1) is 9.61. The number of carbonyl (C=O) groups excluding carboxylic acids is 1. The lowest BCUT2D eigenvalue weighted by Gasteiger charge is -2.08. The molecule has 0 amide bonds. The summed E-state index contributed by atoms with van der Waals surface area (Å²) in [7, 11) is 0. The van der Waals surface area contributed by atoms with Gasteiger partial charge in [-0.25, -0.2) is 0 Å². The Morgan fingerprint density at radius 3 is 2.60 bits per heavy atom. The van der Waals surface area contributed by atoms with Crippen LogP contribution in [0.4, 0.5) is 0 Å². The molecule has 0 aromatic heterocycles. The first-order valence-corrected chi connectivity index (χ1v) is 7.22. The Kier molecular flexibility index (Phi) is 4.80. The third-order valence-corrected chi connectivity index (χ3v) is 3.76. The topological polar surface area (TPSA) is 17.1 Å². The molecule has 2 aromatic carbocycles. The molecule has 0 spiro atoms. The fraction of sp³-hybridized carbons (Fsp3) is 0.222. The smallest absolute Gasteiger partial charge is 0.163 e. The molecular weight excluding hydrogens is 264 g/mol. The van der Waals surface area contributed by atoms with Gasteiger partial charge in [0.25, 0.3) is 0 Å². The van der Waals surface area contributed by atoms with Crippen molar-refractivity contribution >= 4 is 23.4 Å². The van der Waals surface area contributed by atoms with Crippen LogP contribution < -0.4 is 0 Å². The monoisotopic (exact) mass is 282 g/mol. The Hall–Kier alpha value is -1.80. The molecular formula is C18H18OS. The Morgan fingerprint density at radius 1 is 1.15 bits per heavy atom. The quantitative estimate of drug-likeness (QED) is 0.594. The summed E-state index contributed by atoms with van der Waals surface area (Å²) < 4.78 is 0. The Bertz CT molecular complexity index is 644. The second-order valence-electron chi connectivity index (χ2n) is 5.06. The number of ketones is 1. The molecule has 2 heteroatoms. The van der Waals surface area contributed by atoms with Gasteiger partial charge >= 0.3 is 0 Å². The molecule has 1 nitrogen and oxygen atoms in total. The molecule has 20 heavy (non-hydrogen) atoms. The molecule has 0 saturated carbocycles. The summed E-state index contributed by atoms with van der Waals surface area (Å²) in [6, 6.07) is 13.9. The molecule has 0 N–H and O–H groups in total. The molecule has 0 unspecified atom stereocenters. The molecule has 2 aromatic rings. The highest BCUT2D eigenvalue weighted by molar-refractivity contribution is 7.79. The van der Waals surface area contributed by atoms with Crippen LogP contribution in [0.1, 0.15) is 39.0 Å². The molecule has 102 valence electrons. The minimum absolute atomic E-state index is 0.154. The van der Waals surface area contributed by atoms with Gasteiger partial charge in [-0.2, -0.15) is 0 Å². The van der Waals surface area contributed by atoms with E-state index in [9.17, 15) is 4.79 Å². The van der Waals surface area contributed by atoms with Gasteiger partial charge in [-0.15, -0.1) is 0 Å². The molecule has 0 atom stereocenters. The number of hydrogen-bond acceptors (Lipinski definition) is 2. The average Bonchev–Trinajstić information content (AvgIpc) is 2.46. The first-order valence-electron chi connectivity index (χ1n) is 6.75. The van der Waals surface area contributed by atoms with Gasteiger partial charge < -0.3 is 0 Å². The van der Waals surface area contributed by atoms with Crippen LogP contribution in [0.5, 0.6) is 0 Å². The average molecular weight is 282 g/mol. The van der Waals surface area contributed by atoms with Crippen molar-refractivity contribution in [2.75, 3.05) is 0 Å². The van der Waals surface area contributed by atoms with Crippen LogP contribution in [-0.4, -0.2) is 11.2 Å². The molecule has 0 heterocycles. The lowest BCUT2D eigenvalue weighted by Crippen LogP contribution is -2.05. The van der Waals surface area contributed by atoms with E-state index >= 15 is 0 Å². The maximum atomic E-state index is 12.3. The van der Waals surface area contributed by atoms with E-state index in [2.05, 4.69) is 32.0 Å². The fourth-order valence-corrected chi connectivity index (χ4v) is 2.57. The number of Topliss-reactive ketones (excluding diaryl/α,β-unsaturated/α-hetero) is 1. The second kappa shape index (κ2) is 6.58. The van der Waals surface area contributed by atoms with E-state index in [4.69, 9.17) is 12.2 Å². The zero-order valence-electron chi connectivity index (χ0n) is 11.8. The summed E-state index contributed by atoms with van der Waals surface area (Å²) in [5.74, 6) is 0.154. The van der Waals surface area contributed by atoms with Gasteiger partial charge in [-0.05, 0) is 37.0 Å². The SMILES string of the molecule is Cc1ccc(CCC(=O)c2ccccc2C=S)c(C)c1. The summed E-state index contributed by atoms with van der Waals surface area (Å²) >= 11 is 4.96. The molecule has 0 aliphatic carbocycles. The van der Waals surface area contributed by atoms with Crippen molar-refractivity contribution in [3.8, 4) is 0 Å². The van der Waals surface area contributed by atoms with E-state index < -0.39 is 0 Å². The molecule has 0 bridgehead atoms. The van der Waals surface area contributed by atoms with Crippen molar-refractivity contribution < 1.29 is 4.79 Å². The minimum atomic E-state index is 0.154. The van der Waals surface area contributed by atoms with E-state index in [-0.39, 0.29) is 5.78 Å². The molecule has 0 fully saturated rings. The van der Waals surface area contributed by atoms with Crippen LogP contribution in [0.3, 0.4) is 0 Å². The van der Waals surface area contributed by atoms with Crippen LogP contribution in [0.25, 0.3) is 0 Å². The third-order valence-electron chi connectivity index (χ3n) is 3.51. The Labute approximate surface area is 125 Å². The molecule has 0 radical (unpaired) electrons. The summed E-state index contributed by atoms with van der Waals surface area (Å²) in [4.78, 5) is 12.3. The Morgan fingerprint density at radius 2 is 1.90 bits per heavy atom. The van der Waals surface area contributed by atoms with Crippen LogP contribution in [0.2, 0.25) is 0 Å². The highest BCUT2D eigenvalue weighted by Gasteiger charge is 2.10. The number of carbonyl (C=O) groups is 1. The maximum absolute atomic E-state index is 12.3. The first kappa shape index (κ1) is 14.6.